The zero-order chi connectivity index (χ0) is 13.8. The van der Waals surface area contributed by atoms with Gasteiger partial charge < -0.3 is 14.7 Å². The highest BCUT2D eigenvalue weighted by Crippen LogP contribution is 2.28. The Labute approximate surface area is 125 Å². The minimum absolute atomic E-state index is 0.00474. The van der Waals surface area contributed by atoms with Gasteiger partial charge in [-0.2, -0.15) is 0 Å². The third-order valence-electron chi connectivity index (χ3n) is 3.15. The fourth-order valence-electron chi connectivity index (χ4n) is 2.17. The van der Waals surface area contributed by atoms with Crippen LogP contribution in [0.4, 0.5) is 0 Å². The predicted octanol–water partition coefficient (Wildman–Crippen LogP) is 2.46. The maximum Gasteiger partial charge on any atom is 0.260 e. The first-order valence-electron chi connectivity index (χ1n) is 6.10. The number of nitrogens with zero attached hydrogens (tertiary/aromatic N) is 1. The summed E-state index contributed by atoms with van der Waals surface area (Å²) in [6.45, 7) is 0.629. The summed E-state index contributed by atoms with van der Waals surface area (Å²) in [5.41, 5.74) is 0. The smallest absolute Gasteiger partial charge is 0.260 e. The van der Waals surface area contributed by atoms with E-state index in [9.17, 15) is 9.90 Å². The molecule has 0 unspecified atom stereocenters. The zero-order valence-electron chi connectivity index (χ0n) is 10.3. The van der Waals surface area contributed by atoms with Gasteiger partial charge in [0.25, 0.3) is 5.91 Å². The lowest BCUT2D eigenvalue weighted by Gasteiger charge is -2.23. The Kier molecular flexibility index (Phi) is 5.07. The summed E-state index contributed by atoms with van der Waals surface area (Å²) in [7, 11) is 0. The number of hydrogen-bond donors (Lipinski definition) is 1. The van der Waals surface area contributed by atoms with Gasteiger partial charge in [0.2, 0.25) is 0 Å². The number of aliphatic hydroxyl groups excluding tert-OH is 1. The highest BCUT2D eigenvalue weighted by atomic mass is 79.9. The monoisotopic (exact) mass is 347 g/mol. The molecule has 1 saturated heterocycles. The van der Waals surface area contributed by atoms with Gasteiger partial charge in [-0.25, -0.2) is 0 Å². The average molecular weight is 349 g/mol. The number of hydrogen-bond acceptors (Lipinski definition) is 3. The van der Waals surface area contributed by atoms with Crippen molar-refractivity contribution < 1.29 is 14.6 Å². The van der Waals surface area contributed by atoms with Crippen LogP contribution in [0, 0.1) is 0 Å². The molecule has 6 heteroatoms. The van der Waals surface area contributed by atoms with E-state index in [4.69, 9.17) is 16.3 Å². The lowest BCUT2D eigenvalue weighted by molar-refractivity contribution is -0.134. The number of benzene rings is 1. The number of carbonyl (C=O) groups excluding carboxylic acids is 1. The molecule has 1 aromatic carbocycles. The van der Waals surface area contributed by atoms with Crippen molar-refractivity contribution in [2.45, 2.75) is 18.9 Å². The van der Waals surface area contributed by atoms with Crippen molar-refractivity contribution in [3.8, 4) is 5.75 Å². The molecule has 1 amide bonds. The lowest BCUT2D eigenvalue weighted by atomic mass is 10.2. The Balaban J connectivity index is 1.93. The summed E-state index contributed by atoms with van der Waals surface area (Å²) in [6, 6.07) is 5.16. The van der Waals surface area contributed by atoms with E-state index in [1.807, 2.05) is 0 Å². The molecule has 0 spiro atoms. The second-order valence-corrected chi connectivity index (χ2v) is 5.75. The van der Waals surface area contributed by atoms with Gasteiger partial charge in [0.15, 0.2) is 6.61 Å². The van der Waals surface area contributed by atoms with Gasteiger partial charge in [-0.1, -0.05) is 27.5 Å². The molecule has 1 N–H and O–H groups in total. The summed E-state index contributed by atoms with van der Waals surface area (Å²) in [4.78, 5) is 13.7. The summed E-state index contributed by atoms with van der Waals surface area (Å²) in [6.07, 6.45) is 1.78. The van der Waals surface area contributed by atoms with Gasteiger partial charge in [0.05, 0.1) is 17.7 Å². The molecule has 1 heterocycles. The van der Waals surface area contributed by atoms with Crippen molar-refractivity contribution in [1.82, 2.24) is 4.90 Å². The molecule has 104 valence electrons. The number of halogens is 2. The molecule has 4 nitrogen and oxygen atoms in total. The first-order chi connectivity index (χ1) is 9.11. The van der Waals surface area contributed by atoms with E-state index in [-0.39, 0.29) is 25.2 Å². The SMILES string of the molecule is O=C(COc1ccc(Br)cc1Cl)N1CCC[C@@H]1CO. The Morgan fingerprint density at radius 2 is 2.37 bits per heavy atom. The van der Waals surface area contributed by atoms with Crippen molar-refractivity contribution in [3.05, 3.63) is 27.7 Å². The van der Waals surface area contributed by atoms with Crippen LogP contribution in [0.25, 0.3) is 0 Å². The van der Waals surface area contributed by atoms with E-state index >= 15 is 0 Å². The number of amides is 1. The first kappa shape index (κ1) is 14.6. The third kappa shape index (κ3) is 3.61. The summed E-state index contributed by atoms with van der Waals surface area (Å²) in [5, 5.41) is 9.64. The van der Waals surface area contributed by atoms with Crippen molar-refractivity contribution >= 4 is 33.4 Å². The van der Waals surface area contributed by atoms with Gasteiger partial charge in [-0.3, -0.25) is 4.79 Å². The normalized spacial score (nSPS) is 18.7. The quantitative estimate of drug-likeness (QED) is 0.909. The van der Waals surface area contributed by atoms with Gasteiger partial charge in [-0.15, -0.1) is 0 Å². The molecule has 1 atom stereocenters. The van der Waals surface area contributed by atoms with E-state index < -0.39 is 0 Å². The average Bonchev–Trinajstić information content (AvgIpc) is 2.85. The molecule has 2 rings (SSSR count). The van der Waals surface area contributed by atoms with E-state index in [1.54, 1.807) is 23.1 Å². The first-order valence-corrected chi connectivity index (χ1v) is 7.27. The number of aliphatic hydroxyl groups is 1. The Bertz CT molecular complexity index is 469. The Morgan fingerprint density at radius 1 is 1.58 bits per heavy atom. The van der Waals surface area contributed by atoms with Crippen LogP contribution >= 0.6 is 27.5 Å². The van der Waals surface area contributed by atoms with Crippen molar-refractivity contribution in [2.75, 3.05) is 19.8 Å². The van der Waals surface area contributed by atoms with E-state index in [1.165, 1.54) is 0 Å². The van der Waals surface area contributed by atoms with Crippen molar-refractivity contribution in [1.29, 1.82) is 0 Å². The molecular weight excluding hydrogens is 334 g/mol. The number of likely N-dealkylation sites (tertiary alicyclic amines) is 1. The molecule has 1 aliphatic rings. The third-order valence-corrected chi connectivity index (χ3v) is 3.94. The number of carbonyl (C=O) groups is 1. The minimum atomic E-state index is -0.115. The fraction of sp³-hybridized carbons (Fsp3) is 0.462. The molecule has 1 aromatic rings. The summed E-state index contributed by atoms with van der Waals surface area (Å²) < 4.78 is 6.29. The van der Waals surface area contributed by atoms with Crippen LogP contribution in [-0.2, 0) is 4.79 Å². The molecule has 0 aromatic heterocycles. The maximum absolute atomic E-state index is 12.0. The molecule has 0 radical (unpaired) electrons. The Morgan fingerprint density at radius 3 is 3.05 bits per heavy atom. The largest absolute Gasteiger partial charge is 0.482 e. The number of ether oxygens (including phenoxy) is 1. The van der Waals surface area contributed by atoms with E-state index in [2.05, 4.69) is 15.9 Å². The minimum Gasteiger partial charge on any atom is -0.482 e. The fourth-order valence-corrected chi connectivity index (χ4v) is 2.90. The van der Waals surface area contributed by atoms with Crippen LogP contribution in [0.15, 0.2) is 22.7 Å². The molecule has 1 fully saturated rings. The zero-order valence-corrected chi connectivity index (χ0v) is 12.7. The maximum atomic E-state index is 12.0. The molecule has 0 aliphatic carbocycles. The second-order valence-electron chi connectivity index (χ2n) is 4.43. The van der Waals surface area contributed by atoms with E-state index in [0.29, 0.717) is 17.3 Å². The van der Waals surface area contributed by atoms with Crippen molar-refractivity contribution in [2.24, 2.45) is 0 Å². The molecule has 0 saturated carbocycles. The van der Waals surface area contributed by atoms with Crippen LogP contribution in [0.2, 0.25) is 5.02 Å². The highest BCUT2D eigenvalue weighted by Gasteiger charge is 2.28. The lowest BCUT2D eigenvalue weighted by Crippen LogP contribution is -2.40. The molecule has 19 heavy (non-hydrogen) atoms. The second kappa shape index (κ2) is 6.59. The standard InChI is InChI=1S/C13H15BrClNO3/c14-9-3-4-12(11(15)6-9)19-8-13(18)16-5-1-2-10(16)7-17/h3-4,6,10,17H,1-2,5,7-8H2/t10-/m1/s1. The van der Waals surface area contributed by atoms with Crippen LogP contribution in [0.1, 0.15) is 12.8 Å². The van der Waals surface area contributed by atoms with E-state index in [0.717, 1.165) is 17.3 Å². The molecular formula is C13H15BrClNO3. The predicted molar refractivity (Wildman–Crippen MR) is 76.5 cm³/mol. The number of rotatable bonds is 4. The molecule has 0 bridgehead atoms. The van der Waals surface area contributed by atoms with Gasteiger partial charge in [0.1, 0.15) is 5.75 Å². The van der Waals surface area contributed by atoms with Crippen molar-refractivity contribution in [3.63, 3.8) is 0 Å². The van der Waals surface area contributed by atoms with Crippen LogP contribution < -0.4 is 4.74 Å². The Hall–Kier alpha value is -0.780. The van der Waals surface area contributed by atoms with Crippen LogP contribution in [-0.4, -0.2) is 41.7 Å². The van der Waals surface area contributed by atoms with Gasteiger partial charge >= 0.3 is 0 Å². The summed E-state index contributed by atoms with van der Waals surface area (Å²) in [5.74, 6) is 0.369. The van der Waals surface area contributed by atoms with Crippen LogP contribution in [0.5, 0.6) is 5.75 Å². The topological polar surface area (TPSA) is 49.8 Å². The van der Waals surface area contributed by atoms with Gasteiger partial charge in [-0.05, 0) is 31.0 Å². The highest BCUT2D eigenvalue weighted by molar-refractivity contribution is 9.10. The van der Waals surface area contributed by atoms with Gasteiger partial charge in [0, 0.05) is 11.0 Å². The van der Waals surface area contributed by atoms with Crippen LogP contribution in [0.3, 0.4) is 0 Å². The molecule has 1 aliphatic heterocycles. The summed E-state index contributed by atoms with van der Waals surface area (Å²) >= 11 is 9.31.